The molecule has 2 aromatic heterocycles. The molecule has 0 spiro atoms. The molecule has 1 aromatic carbocycles. The van der Waals surface area contributed by atoms with E-state index in [4.69, 9.17) is 22.1 Å². The van der Waals surface area contributed by atoms with Crippen LogP contribution in [0.5, 0.6) is 10.9 Å². The summed E-state index contributed by atoms with van der Waals surface area (Å²) in [4.78, 5) is 8.25. The first-order chi connectivity index (χ1) is 10.6. The minimum absolute atomic E-state index is 0.0462. The minimum Gasteiger partial charge on any atom is -0.426 e. The standard InChI is InChI=1S/C15H13ClFN3OS/c1-2-10(18)8-3-4-9(16)14(13(8)17)21-15-20-11-7-19-6-5-12(11)22-15/h3-7,10H,2,18H2,1H3/t10-/m1/s1. The number of benzene rings is 1. The van der Waals surface area contributed by atoms with E-state index in [-0.39, 0.29) is 10.8 Å². The van der Waals surface area contributed by atoms with E-state index in [2.05, 4.69) is 9.97 Å². The van der Waals surface area contributed by atoms with Crippen LogP contribution in [0.2, 0.25) is 5.02 Å². The molecule has 1 atom stereocenters. The maximum Gasteiger partial charge on any atom is 0.280 e. The maximum atomic E-state index is 14.6. The number of ether oxygens (including phenoxy) is 1. The molecule has 0 bridgehead atoms. The van der Waals surface area contributed by atoms with Crippen LogP contribution >= 0.6 is 22.9 Å². The number of pyridine rings is 1. The van der Waals surface area contributed by atoms with E-state index in [0.29, 0.717) is 22.7 Å². The number of aromatic nitrogens is 2. The van der Waals surface area contributed by atoms with Gasteiger partial charge in [0, 0.05) is 17.8 Å². The predicted molar refractivity (Wildman–Crippen MR) is 86.1 cm³/mol. The molecule has 0 aliphatic carbocycles. The Morgan fingerprint density at radius 1 is 1.41 bits per heavy atom. The van der Waals surface area contributed by atoms with Crippen LogP contribution in [0.4, 0.5) is 4.39 Å². The fraction of sp³-hybridized carbons (Fsp3) is 0.200. The Hall–Kier alpha value is -1.76. The number of rotatable bonds is 4. The molecule has 7 heteroatoms. The molecule has 114 valence electrons. The highest BCUT2D eigenvalue weighted by Crippen LogP contribution is 2.38. The lowest BCUT2D eigenvalue weighted by molar-refractivity contribution is 0.433. The lowest BCUT2D eigenvalue weighted by Crippen LogP contribution is -2.11. The van der Waals surface area contributed by atoms with Gasteiger partial charge >= 0.3 is 0 Å². The number of hydrogen-bond acceptors (Lipinski definition) is 5. The van der Waals surface area contributed by atoms with E-state index in [1.807, 2.05) is 13.0 Å². The lowest BCUT2D eigenvalue weighted by atomic mass is 10.0. The second-order valence-corrected chi connectivity index (χ2v) is 6.12. The molecule has 0 unspecified atom stereocenters. The normalized spacial score (nSPS) is 12.5. The summed E-state index contributed by atoms with van der Waals surface area (Å²) in [5.74, 6) is -0.589. The average molecular weight is 338 g/mol. The van der Waals surface area contributed by atoms with Gasteiger partial charge in [-0.05, 0) is 18.6 Å². The first-order valence-corrected chi connectivity index (χ1v) is 7.91. The number of halogens is 2. The largest absolute Gasteiger partial charge is 0.426 e. The summed E-state index contributed by atoms with van der Waals surface area (Å²) in [6, 6.07) is 4.58. The Kier molecular flexibility index (Phi) is 4.24. The summed E-state index contributed by atoms with van der Waals surface area (Å²) in [5.41, 5.74) is 6.98. The van der Waals surface area contributed by atoms with Crippen LogP contribution in [0.25, 0.3) is 10.2 Å². The highest BCUT2D eigenvalue weighted by Gasteiger charge is 2.19. The third-order valence-corrected chi connectivity index (χ3v) is 4.49. The van der Waals surface area contributed by atoms with Gasteiger partial charge < -0.3 is 10.5 Å². The second-order valence-electron chi connectivity index (χ2n) is 4.72. The molecule has 0 aliphatic heterocycles. The predicted octanol–water partition coefficient (Wildman–Crippen LogP) is 4.69. The van der Waals surface area contributed by atoms with E-state index in [1.54, 1.807) is 24.5 Å². The molecule has 3 rings (SSSR count). The van der Waals surface area contributed by atoms with Crippen molar-refractivity contribution in [2.24, 2.45) is 5.73 Å². The topological polar surface area (TPSA) is 61.0 Å². The maximum absolute atomic E-state index is 14.6. The van der Waals surface area contributed by atoms with Gasteiger partial charge in [0.15, 0.2) is 11.6 Å². The van der Waals surface area contributed by atoms with Gasteiger partial charge in [-0.1, -0.05) is 35.9 Å². The average Bonchev–Trinajstić information content (AvgIpc) is 2.93. The van der Waals surface area contributed by atoms with Crippen molar-refractivity contribution in [1.82, 2.24) is 9.97 Å². The van der Waals surface area contributed by atoms with Gasteiger partial charge in [0.1, 0.15) is 5.52 Å². The fourth-order valence-electron chi connectivity index (χ4n) is 2.04. The molecule has 0 saturated carbocycles. The number of fused-ring (bicyclic) bond motifs is 1. The van der Waals surface area contributed by atoms with Crippen molar-refractivity contribution in [3.05, 3.63) is 47.0 Å². The molecule has 0 radical (unpaired) electrons. The summed E-state index contributed by atoms with van der Waals surface area (Å²) in [7, 11) is 0. The fourth-order valence-corrected chi connectivity index (χ4v) is 3.01. The van der Waals surface area contributed by atoms with Crippen LogP contribution < -0.4 is 10.5 Å². The van der Waals surface area contributed by atoms with Crippen molar-refractivity contribution in [3.63, 3.8) is 0 Å². The Morgan fingerprint density at radius 3 is 2.95 bits per heavy atom. The first kappa shape index (κ1) is 15.1. The Morgan fingerprint density at radius 2 is 2.23 bits per heavy atom. The van der Waals surface area contributed by atoms with Crippen LogP contribution in [0, 0.1) is 5.82 Å². The van der Waals surface area contributed by atoms with Crippen molar-refractivity contribution < 1.29 is 9.13 Å². The minimum atomic E-state index is -0.542. The molecular formula is C15H13ClFN3OS. The van der Waals surface area contributed by atoms with Crippen LogP contribution in [0.15, 0.2) is 30.6 Å². The van der Waals surface area contributed by atoms with Crippen molar-refractivity contribution in [3.8, 4) is 10.9 Å². The monoisotopic (exact) mass is 337 g/mol. The Balaban J connectivity index is 2.00. The molecule has 0 saturated heterocycles. The van der Waals surface area contributed by atoms with Gasteiger partial charge in [0.25, 0.3) is 5.19 Å². The van der Waals surface area contributed by atoms with E-state index < -0.39 is 11.9 Å². The van der Waals surface area contributed by atoms with E-state index in [1.165, 1.54) is 11.3 Å². The van der Waals surface area contributed by atoms with Crippen LogP contribution in [-0.2, 0) is 0 Å². The van der Waals surface area contributed by atoms with Gasteiger partial charge in [0.2, 0.25) is 0 Å². The van der Waals surface area contributed by atoms with Gasteiger partial charge in [-0.3, -0.25) is 4.98 Å². The second kappa shape index (κ2) is 6.16. The van der Waals surface area contributed by atoms with E-state index >= 15 is 0 Å². The summed E-state index contributed by atoms with van der Waals surface area (Å²) in [6.07, 6.45) is 3.91. The molecule has 0 aliphatic rings. The van der Waals surface area contributed by atoms with Crippen molar-refractivity contribution in [1.29, 1.82) is 0 Å². The van der Waals surface area contributed by atoms with Crippen molar-refractivity contribution >= 4 is 33.2 Å². The summed E-state index contributed by atoms with van der Waals surface area (Å²) in [6.45, 7) is 1.89. The summed E-state index contributed by atoms with van der Waals surface area (Å²) < 4.78 is 21.1. The molecule has 3 aromatic rings. The van der Waals surface area contributed by atoms with Crippen LogP contribution in [0.3, 0.4) is 0 Å². The third kappa shape index (κ3) is 2.77. The van der Waals surface area contributed by atoms with Crippen molar-refractivity contribution in [2.75, 3.05) is 0 Å². The zero-order valence-corrected chi connectivity index (χ0v) is 13.3. The van der Waals surface area contributed by atoms with Crippen molar-refractivity contribution in [2.45, 2.75) is 19.4 Å². The SMILES string of the molecule is CC[C@@H](N)c1ccc(Cl)c(Oc2nc3cnccc3s2)c1F. The van der Waals surface area contributed by atoms with Gasteiger partial charge in [-0.15, -0.1) is 0 Å². The summed E-state index contributed by atoms with van der Waals surface area (Å²) >= 11 is 7.36. The number of nitrogens with two attached hydrogens (primary N) is 1. The smallest absolute Gasteiger partial charge is 0.280 e. The number of thiazole rings is 1. The number of nitrogens with zero attached hydrogens (tertiary/aromatic N) is 2. The van der Waals surface area contributed by atoms with Gasteiger partial charge in [0.05, 0.1) is 15.9 Å². The zero-order chi connectivity index (χ0) is 15.7. The molecule has 22 heavy (non-hydrogen) atoms. The first-order valence-electron chi connectivity index (χ1n) is 6.72. The molecule has 0 fully saturated rings. The van der Waals surface area contributed by atoms with E-state index in [0.717, 1.165) is 4.70 Å². The molecule has 2 N–H and O–H groups in total. The van der Waals surface area contributed by atoms with Gasteiger partial charge in [-0.25, -0.2) is 9.37 Å². The quantitative estimate of drug-likeness (QED) is 0.750. The Bertz CT molecular complexity index is 791. The summed E-state index contributed by atoms with van der Waals surface area (Å²) in [5, 5.41) is 0.493. The van der Waals surface area contributed by atoms with Crippen LogP contribution in [-0.4, -0.2) is 9.97 Å². The van der Waals surface area contributed by atoms with Gasteiger partial charge in [-0.2, -0.15) is 0 Å². The molecular weight excluding hydrogens is 325 g/mol. The third-order valence-electron chi connectivity index (χ3n) is 3.28. The zero-order valence-electron chi connectivity index (χ0n) is 11.7. The molecule has 2 heterocycles. The highest BCUT2D eigenvalue weighted by atomic mass is 35.5. The molecule has 4 nitrogen and oxygen atoms in total. The molecule has 0 amide bonds. The van der Waals surface area contributed by atoms with E-state index in [9.17, 15) is 4.39 Å². The van der Waals surface area contributed by atoms with Crippen LogP contribution in [0.1, 0.15) is 24.9 Å². The highest BCUT2D eigenvalue weighted by molar-refractivity contribution is 7.20. The Labute approximate surface area is 135 Å². The number of hydrogen-bond donors (Lipinski definition) is 1. The lowest BCUT2D eigenvalue weighted by Gasteiger charge is -2.14.